The first kappa shape index (κ1) is 12.3. The zero-order chi connectivity index (χ0) is 11.6. The van der Waals surface area contributed by atoms with Crippen LogP contribution in [0.25, 0.3) is 0 Å². The molecule has 2 heteroatoms. The molecule has 1 heterocycles. The van der Waals surface area contributed by atoms with Crippen molar-refractivity contribution in [2.24, 2.45) is 11.3 Å². The van der Waals surface area contributed by atoms with E-state index in [0.717, 1.165) is 13.0 Å². The number of hydrogen-bond donors (Lipinski definition) is 0. The molecule has 0 bridgehead atoms. The van der Waals surface area contributed by atoms with Crippen molar-refractivity contribution in [2.75, 3.05) is 6.54 Å². The smallest absolute Gasteiger partial charge is 0.246 e. The third-order valence-corrected chi connectivity index (χ3v) is 3.56. The molecule has 2 unspecified atom stereocenters. The Labute approximate surface area is 93.3 Å². The highest BCUT2D eigenvalue weighted by Gasteiger charge is 2.33. The molecule has 0 radical (unpaired) electrons. The second kappa shape index (κ2) is 4.38. The van der Waals surface area contributed by atoms with Crippen LogP contribution in [0.3, 0.4) is 0 Å². The third-order valence-electron chi connectivity index (χ3n) is 3.56. The van der Waals surface area contributed by atoms with Gasteiger partial charge in [-0.1, -0.05) is 27.4 Å². The minimum atomic E-state index is 0.0800. The molecule has 2 atom stereocenters. The van der Waals surface area contributed by atoms with Gasteiger partial charge >= 0.3 is 0 Å². The summed E-state index contributed by atoms with van der Waals surface area (Å²) in [5, 5.41) is 0. The molecular formula is C13H23NO. The maximum absolute atomic E-state index is 11.7. The number of carbonyl (C=O) groups excluding carboxylic acids is 1. The van der Waals surface area contributed by atoms with E-state index in [1.54, 1.807) is 0 Å². The molecule has 2 nitrogen and oxygen atoms in total. The number of hydrogen-bond acceptors (Lipinski definition) is 1. The molecule has 0 aromatic heterocycles. The van der Waals surface area contributed by atoms with Crippen molar-refractivity contribution in [3.8, 4) is 0 Å². The summed E-state index contributed by atoms with van der Waals surface area (Å²) in [5.74, 6) is 0.689. The molecule has 1 aliphatic heterocycles. The van der Waals surface area contributed by atoms with Crippen molar-refractivity contribution >= 4 is 5.91 Å². The van der Waals surface area contributed by atoms with Crippen molar-refractivity contribution in [3.63, 3.8) is 0 Å². The maximum Gasteiger partial charge on any atom is 0.246 e. The fourth-order valence-corrected chi connectivity index (χ4v) is 2.24. The molecule has 0 saturated carbocycles. The maximum atomic E-state index is 11.7. The number of carbonyl (C=O) groups is 1. The van der Waals surface area contributed by atoms with Crippen LogP contribution in [0.15, 0.2) is 12.7 Å². The Morgan fingerprint density at radius 2 is 2.00 bits per heavy atom. The lowest BCUT2D eigenvalue weighted by Crippen LogP contribution is -2.47. The van der Waals surface area contributed by atoms with E-state index in [1.807, 2.05) is 4.90 Å². The second-order valence-corrected chi connectivity index (χ2v) is 5.68. The fourth-order valence-electron chi connectivity index (χ4n) is 2.24. The Kier molecular flexibility index (Phi) is 3.58. The second-order valence-electron chi connectivity index (χ2n) is 5.68. The van der Waals surface area contributed by atoms with Crippen molar-refractivity contribution < 1.29 is 4.79 Å². The van der Waals surface area contributed by atoms with Crippen LogP contribution in [-0.4, -0.2) is 23.4 Å². The molecule has 1 rings (SSSR count). The summed E-state index contributed by atoms with van der Waals surface area (Å²) in [4.78, 5) is 13.6. The van der Waals surface area contributed by atoms with Gasteiger partial charge in [-0.25, -0.2) is 0 Å². The van der Waals surface area contributed by atoms with E-state index in [0.29, 0.717) is 17.4 Å². The van der Waals surface area contributed by atoms with Gasteiger partial charge in [0.15, 0.2) is 0 Å². The van der Waals surface area contributed by atoms with Gasteiger partial charge in [0.2, 0.25) is 5.91 Å². The molecular weight excluding hydrogens is 186 g/mol. The predicted molar refractivity (Wildman–Crippen MR) is 63.6 cm³/mol. The number of likely N-dealkylation sites (tertiary alicyclic amines) is 1. The van der Waals surface area contributed by atoms with Gasteiger partial charge in [-0.3, -0.25) is 4.79 Å². The van der Waals surface area contributed by atoms with Gasteiger partial charge in [0.1, 0.15) is 0 Å². The normalized spacial score (nSPS) is 27.6. The van der Waals surface area contributed by atoms with E-state index in [4.69, 9.17) is 0 Å². The third kappa shape index (κ3) is 2.83. The van der Waals surface area contributed by atoms with Gasteiger partial charge in [-0.05, 0) is 37.2 Å². The minimum absolute atomic E-state index is 0.0800. The van der Waals surface area contributed by atoms with Crippen LogP contribution in [0.5, 0.6) is 0 Å². The van der Waals surface area contributed by atoms with Crippen molar-refractivity contribution in [3.05, 3.63) is 12.7 Å². The molecule has 0 N–H and O–H groups in total. The summed E-state index contributed by atoms with van der Waals surface area (Å²) in [7, 11) is 0. The molecule has 0 aromatic rings. The van der Waals surface area contributed by atoms with Gasteiger partial charge < -0.3 is 4.90 Å². The fraction of sp³-hybridized carbons (Fsp3) is 0.769. The number of amides is 1. The van der Waals surface area contributed by atoms with Gasteiger partial charge in [0, 0.05) is 12.6 Å². The van der Waals surface area contributed by atoms with Crippen LogP contribution in [0.2, 0.25) is 0 Å². The first-order valence-electron chi connectivity index (χ1n) is 5.79. The summed E-state index contributed by atoms with van der Waals surface area (Å²) < 4.78 is 0. The van der Waals surface area contributed by atoms with Crippen LogP contribution in [0, 0.1) is 11.3 Å². The summed E-state index contributed by atoms with van der Waals surface area (Å²) >= 11 is 0. The molecule has 0 spiro atoms. The van der Waals surface area contributed by atoms with E-state index in [9.17, 15) is 4.79 Å². The molecule has 1 aliphatic rings. The summed E-state index contributed by atoms with van der Waals surface area (Å²) in [5.41, 5.74) is 0.292. The molecule has 0 aliphatic carbocycles. The van der Waals surface area contributed by atoms with E-state index >= 15 is 0 Å². The number of rotatable bonds is 1. The summed E-state index contributed by atoms with van der Waals surface area (Å²) in [6.45, 7) is 13.3. The van der Waals surface area contributed by atoms with Gasteiger partial charge in [0.25, 0.3) is 0 Å². The quantitative estimate of drug-likeness (QED) is 0.608. The highest BCUT2D eigenvalue weighted by molar-refractivity contribution is 5.87. The lowest BCUT2D eigenvalue weighted by molar-refractivity contribution is -0.131. The Balaban J connectivity index is 2.72. The Bertz CT molecular complexity index is 252. The highest BCUT2D eigenvalue weighted by atomic mass is 16.2. The average Bonchev–Trinajstić information content (AvgIpc) is 2.15. The van der Waals surface area contributed by atoms with Gasteiger partial charge in [-0.2, -0.15) is 0 Å². The van der Waals surface area contributed by atoms with E-state index in [1.165, 1.54) is 12.5 Å². The first-order valence-corrected chi connectivity index (χ1v) is 5.79. The Morgan fingerprint density at radius 3 is 2.47 bits per heavy atom. The molecule has 86 valence electrons. The molecule has 0 aromatic carbocycles. The lowest BCUT2D eigenvalue weighted by atomic mass is 9.75. The lowest BCUT2D eigenvalue weighted by Gasteiger charge is -2.42. The molecule has 1 fully saturated rings. The molecule has 1 saturated heterocycles. The van der Waals surface area contributed by atoms with E-state index < -0.39 is 0 Å². The largest absolute Gasteiger partial charge is 0.336 e. The van der Waals surface area contributed by atoms with Gasteiger partial charge in [-0.15, -0.1) is 0 Å². The van der Waals surface area contributed by atoms with Crippen LogP contribution in [0.1, 0.15) is 40.5 Å². The van der Waals surface area contributed by atoms with Crippen molar-refractivity contribution in [2.45, 2.75) is 46.6 Å². The van der Waals surface area contributed by atoms with Crippen LogP contribution in [-0.2, 0) is 4.79 Å². The summed E-state index contributed by atoms with van der Waals surface area (Å²) in [6.07, 6.45) is 3.77. The molecule has 1 amide bonds. The van der Waals surface area contributed by atoms with E-state index in [2.05, 4.69) is 34.3 Å². The Morgan fingerprint density at radius 1 is 1.40 bits per heavy atom. The standard InChI is InChI=1S/C13H23NO/c1-6-12(15)14-9-11(13(3,4)5)8-7-10(14)2/h6,10-11H,1,7-9H2,2-5H3. The predicted octanol–water partition coefficient (Wildman–Crippen LogP) is 2.85. The van der Waals surface area contributed by atoms with Crippen LogP contribution in [0.4, 0.5) is 0 Å². The first-order chi connectivity index (χ1) is 6.86. The minimum Gasteiger partial charge on any atom is -0.336 e. The molecule has 15 heavy (non-hydrogen) atoms. The van der Waals surface area contributed by atoms with Gasteiger partial charge in [0.05, 0.1) is 0 Å². The van der Waals surface area contributed by atoms with E-state index in [-0.39, 0.29) is 5.91 Å². The highest BCUT2D eigenvalue weighted by Crippen LogP contribution is 2.35. The van der Waals surface area contributed by atoms with Crippen molar-refractivity contribution in [1.82, 2.24) is 4.90 Å². The topological polar surface area (TPSA) is 20.3 Å². The van der Waals surface area contributed by atoms with Crippen LogP contribution < -0.4 is 0 Å². The van der Waals surface area contributed by atoms with Crippen LogP contribution >= 0.6 is 0 Å². The van der Waals surface area contributed by atoms with Crippen molar-refractivity contribution in [1.29, 1.82) is 0 Å². The zero-order valence-corrected chi connectivity index (χ0v) is 10.4. The zero-order valence-electron chi connectivity index (χ0n) is 10.4. The number of piperidine rings is 1. The SMILES string of the molecule is C=CC(=O)N1CC(C(C)(C)C)CCC1C. The Hall–Kier alpha value is -0.790. The average molecular weight is 209 g/mol. The number of nitrogens with zero attached hydrogens (tertiary/aromatic N) is 1. The summed E-state index contributed by atoms with van der Waals surface area (Å²) in [6, 6.07) is 0.370. The monoisotopic (exact) mass is 209 g/mol.